The van der Waals surface area contributed by atoms with Crippen LogP contribution in [0.3, 0.4) is 0 Å². The van der Waals surface area contributed by atoms with Gasteiger partial charge >= 0.3 is 19.5 Å². The van der Waals surface area contributed by atoms with Crippen molar-refractivity contribution in [3.63, 3.8) is 0 Å². The molecule has 0 bridgehead atoms. The van der Waals surface area contributed by atoms with E-state index in [0.29, 0.717) is 33.3 Å². The van der Waals surface area contributed by atoms with Crippen LogP contribution in [0.5, 0.6) is 0 Å². The van der Waals surface area contributed by atoms with Gasteiger partial charge in [-0.15, -0.1) is 0 Å². The predicted octanol–water partition coefficient (Wildman–Crippen LogP) is 6.93. The van der Waals surface area contributed by atoms with Gasteiger partial charge in [-0.3, -0.25) is 47.6 Å². The molecule has 0 saturated carbocycles. The predicted molar refractivity (Wildman–Crippen MR) is 346 cm³/mol. The lowest BCUT2D eigenvalue weighted by Crippen LogP contribution is -2.48. The Morgan fingerprint density at radius 2 is 1.23 bits per heavy atom. The summed E-state index contributed by atoms with van der Waals surface area (Å²) in [6.07, 6.45) is 15.3. The van der Waals surface area contributed by atoms with Crippen molar-refractivity contribution >= 4 is 98.7 Å². The molecule has 1 aromatic carbocycles. The van der Waals surface area contributed by atoms with Crippen LogP contribution in [0.25, 0.3) is 10.9 Å². The van der Waals surface area contributed by atoms with E-state index in [1.165, 1.54) is 54.7 Å². The van der Waals surface area contributed by atoms with E-state index >= 15 is 0 Å². The Bertz CT molecular complexity index is 2890. The van der Waals surface area contributed by atoms with Crippen molar-refractivity contribution in [1.29, 1.82) is 0 Å². The first-order chi connectivity index (χ1) is 44.2. The molecule has 92 heavy (non-hydrogen) atoms. The number of carboxylic acid groups (broad SMARTS) is 2. The second-order valence-corrected chi connectivity index (χ2v) is 25.5. The highest BCUT2D eigenvalue weighted by molar-refractivity contribution is 9.10. The summed E-state index contributed by atoms with van der Waals surface area (Å²) >= 11 is 3.35. The molecule has 6 amide bonds. The topological polar surface area (TPSA) is 361 Å². The Morgan fingerprint density at radius 1 is 0.685 bits per heavy atom. The second-order valence-electron chi connectivity index (χ2n) is 22.6. The van der Waals surface area contributed by atoms with Gasteiger partial charge in [-0.25, -0.2) is 9.78 Å². The number of carbonyl (C=O) groups excluding carboxylic acids is 7. The number of Topliss-reactive ketones (excluding diaryl/α,β-unsaturated/α-hetero) is 1. The average molecular weight is 1380 g/mol. The molecule has 1 saturated heterocycles. The summed E-state index contributed by atoms with van der Waals surface area (Å²) in [5.74, 6) is -4.92. The van der Waals surface area contributed by atoms with Crippen molar-refractivity contribution in [1.82, 2.24) is 40.9 Å². The first-order valence-electron chi connectivity index (χ1n) is 32.2. The zero-order chi connectivity index (χ0) is 67.3. The summed E-state index contributed by atoms with van der Waals surface area (Å²) in [7, 11) is -3.78. The molecule has 0 spiro atoms. The third kappa shape index (κ3) is 28.9. The Labute approximate surface area is 547 Å². The van der Waals surface area contributed by atoms with Crippen LogP contribution in [-0.2, 0) is 77.5 Å². The minimum Gasteiger partial charge on any atom is -0.481 e. The van der Waals surface area contributed by atoms with E-state index in [1.54, 1.807) is 52.0 Å². The van der Waals surface area contributed by atoms with Crippen LogP contribution in [0.2, 0.25) is 0 Å². The fourth-order valence-corrected chi connectivity index (χ4v) is 12.4. The minimum atomic E-state index is -3.78. The highest BCUT2D eigenvalue weighted by Gasteiger charge is 2.45. The van der Waals surface area contributed by atoms with Crippen LogP contribution in [0.15, 0.2) is 34.9 Å². The maximum Gasteiger partial charge on any atom is 0.361 e. The van der Waals surface area contributed by atoms with E-state index in [4.69, 9.17) is 33.1 Å². The summed E-state index contributed by atoms with van der Waals surface area (Å²) in [4.78, 5) is 120. The fraction of sp³-hybridized carbons (Fsp3) is 0.667. The van der Waals surface area contributed by atoms with Gasteiger partial charge in [0.2, 0.25) is 35.4 Å². The van der Waals surface area contributed by atoms with E-state index < -0.39 is 61.9 Å². The number of benzene rings is 1. The smallest absolute Gasteiger partial charge is 0.361 e. The van der Waals surface area contributed by atoms with Gasteiger partial charge in [0.25, 0.3) is 0 Å². The number of pyridine rings is 1. The van der Waals surface area contributed by atoms with Crippen LogP contribution >= 0.6 is 23.5 Å². The zero-order valence-electron chi connectivity index (χ0n) is 54.1. The van der Waals surface area contributed by atoms with E-state index in [2.05, 4.69) is 52.6 Å². The monoisotopic (exact) mass is 1380 g/mol. The Hall–Kier alpha value is -6.26. The molecule has 3 heterocycles. The molecule has 4 rings (SSSR count). The van der Waals surface area contributed by atoms with Crippen molar-refractivity contribution in [2.24, 2.45) is 5.92 Å². The summed E-state index contributed by atoms with van der Waals surface area (Å²) < 4.78 is 48.6. The number of aliphatic carboxylic acids is 2. The second kappa shape index (κ2) is 43.6. The first kappa shape index (κ1) is 78.2. The normalized spacial score (nSPS) is 15.1. The van der Waals surface area contributed by atoms with E-state index in [1.807, 2.05) is 0 Å². The molecule has 27 nitrogen and oxygen atoms in total. The number of anilines is 1. The van der Waals surface area contributed by atoms with Crippen molar-refractivity contribution in [3.8, 4) is 0 Å². The number of hydrogen-bond donors (Lipinski definition) is 7. The number of unbranched alkanes of at least 4 members (excludes halogenated alkanes) is 13. The number of aryl methyl sites for hydroxylation is 1. The molecule has 29 heteroatoms. The van der Waals surface area contributed by atoms with Gasteiger partial charge in [0.1, 0.15) is 48.0 Å². The highest BCUT2D eigenvalue weighted by atomic mass is 79.9. The van der Waals surface area contributed by atoms with Gasteiger partial charge in [-0.05, 0) is 105 Å². The molecule has 0 unspecified atom stereocenters. The molecule has 7 N–H and O–H groups in total. The maximum atomic E-state index is 14.5. The number of rotatable bonds is 50. The molecule has 0 aliphatic carbocycles. The summed E-state index contributed by atoms with van der Waals surface area (Å²) in [6, 6.07) is 5.43. The maximum absolute atomic E-state index is 14.5. The zero-order valence-corrected chi connectivity index (χ0v) is 56.6. The quantitative estimate of drug-likeness (QED) is 0.0130. The van der Waals surface area contributed by atoms with Crippen molar-refractivity contribution in [2.45, 2.75) is 181 Å². The highest BCUT2D eigenvalue weighted by Crippen LogP contribution is 2.47. The van der Waals surface area contributed by atoms with Crippen molar-refractivity contribution in [2.75, 3.05) is 91.0 Å². The number of nitrogens with zero attached hydrogens (tertiary/aromatic N) is 4. The first-order valence-corrected chi connectivity index (χ1v) is 34.5. The van der Waals surface area contributed by atoms with Gasteiger partial charge in [0.05, 0.1) is 63.7 Å². The number of ether oxygens (including phenoxy) is 4. The Kier molecular flexibility index (Phi) is 37.1. The van der Waals surface area contributed by atoms with Gasteiger partial charge in [0.15, 0.2) is 5.78 Å². The van der Waals surface area contributed by atoms with Crippen LogP contribution in [-0.4, -0.2) is 187 Å². The summed E-state index contributed by atoms with van der Waals surface area (Å²) in [6.45, 7) is 8.82. The molecule has 1 aliphatic rings. The van der Waals surface area contributed by atoms with Crippen LogP contribution < -0.4 is 31.9 Å². The number of aromatic nitrogens is 3. The Balaban J connectivity index is 1.05. The lowest BCUT2D eigenvalue weighted by molar-refractivity contribution is -0.142. The third-order valence-electron chi connectivity index (χ3n) is 15.4. The SMILES string of the molecule is CCOP(=O)(OCC)c1ccc2c(C(C)=O)nn(CC(=O)N3[C@H](C)[C@@H](CNC(=O)COCCOCCNC(=O)COCCOCCNC(=O)CC[C@H](NC(=O)CCCCCCCCCCCCCCCCC(=O)O)C(=O)O)C[C@H]3C(=O)Nc3nc(Br)ccc3C)c2c1. The number of hydrogen-bond acceptors (Lipinski definition) is 18. The van der Waals surface area contributed by atoms with E-state index in [9.17, 15) is 52.8 Å². The molecule has 3 aromatic rings. The van der Waals surface area contributed by atoms with Crippen LogP contribution in [0.4, 0.5) is 5.82 Å². The molecule has 514 valence electrons. The van der Waals surface area contributed by atoms with Crippen LogP contribution in [0.1, 0.15) is 166 Å². The number of fused-ring (bicyclic) bond motifs is 1. The molecular weight excluding hydrogens is 1280 g/mol. The molecule has 0 radical (unpaired) electrons. The molecule has 1 fully saturated rings. The number of nitrogens with one attached hydrogen (secondary N) is 5. The van der Waals surface area contributed by atoms with Gasteiger partial charge in [0, 0.05) is 57.2 Å². The number of halogens is 1. The fourth-order valence-electron chi connectivity index (χ4n) is 10.5. The third-order valence-corrected chi connectivity index (χ3v) is 17.9. The van der Waals surface area contributed by atoms with Gasteiger partial charge in [-0.2, -0.15) is 5.10 Å². The average Bonchev–Trinajstić information content (AvgIpc) is 1.69. The molecule has 2 aromatic heterocycles. The Morgan fingerprint density at radius 3 is 1.78 bits per heavy atom. The van der Waals surface area contributed by atoms with E-state index in [-0.39, 0.29) is 158 Å². The molecule has 4 atom stereocenters. The van der Waals surface area contributed by atoms with E-state index in [0.717, 1.165) is 51.4 Å². The molecular formula is C63H97BrN9O18P. The number of likely N-dealkylation sites (tertiary alicyclic amines) is 1. The van der Waals surface area contributed by atoms with Crippen molar-refractivity contribution in [3.05, 3.63) is 46.2 Å². The standard InChI is InChI=1S/C63H97BrN9O18P/c1-6-90-92(85,91-7-2)48-25-26-49-51(39-48)72(71-60(49)46(5)74)41-58(79)73-45(4)47(38-52(73)62(82)70-61-44(3)24-28-53(64)69-61)40-67-57(78)43-89-37-35-87-33-31-66-56(77)42-88-36-34-86-32-30-65-54(75)29-27-50(63(83)84)68-55(76)22-20-18-16-14-12-10-8-9-11-13-15-17-19-21-23-59(80)81/h24-26,28,39,45,47,50,52H,6-23,27,29-38,40-43H2,1-5H3,(H,65,75)(H,66,77)(H,67,78)(H,68,76)(H,80,81)(H,83,84)(H,69,70,82)/t45-,47-,50+,52+/m1/s1. The van der Waals surface area contributed by atoms with Gasteiger partial charge < -0.3 is 69.7 Å². The number of ketones is 1. The van der Waals surface area contributed by atoms with Crippen LogP contribution in [0, 0.1) is 12.8 Å². The number of carboxylic acids is 2. The van der Waals surface area contributed by atoms with Gasteiger partial charge in [-0.1, -0.05) is 83.1 Å². The number of amides is 6. The van der Waals surface area contributed by atoms with Crippen molar-refractivity contribution < 1.29 is 85.9 Å². The lowest BCUT2D eigenvalue weighted by Gasteiger charge is -2.29. The summed E-state index contributed by atoms with van der Waals surface area (Å²) in [5.41, 5.74) is 1.12. The molecule has 1 aliphatic heterocycles. The minimum absolute atomic E-state index is 0.0566. The lowest BCUT2D eigenvalue weighted by atomic mass is 10.00. The number of carbonyl (C=O) groups is 9. The summed E-state index contributed by atoms with van der Waals surface area (Å²) in [5, 5.41) is 37.0. The largest absolute Gasteiger partial charge is 0.481 e.